The van der Waals surface area contributed by atoms with E-state index in [1.54, 1.807) is 6.20 Å². The van der Waals surface area contributed by atoms with Crippen molar-refractivity contribution in [1.29, 1.82) is 0 Å². The molecule has 1 aliphatic carbocycles. The Morgan fingerprint density at radius 1 is 1.29 bits per heavy atom. The zero-order valence-corrected chi connectivity index (χ0v) is 13.3. The fraction of sp³-hybridized carbons (Fsp3) is 0.529. The average molecular weight is 331 g/mol. The highest BCUT2D eigenvalue weighted by atomic mass is 16.6. The third kappa shape index (κ3) is 3.15. The summed E-state index contributed by atoms with van der Waals surface area (Å²) < 4.78 is 11.0. The molecule has 1 aromatic heterocycles. The van der Waals surface area contributed by atoms with E-state index < -0.39 is 18.3 Å². The van der Waals surface area contributed by atoms with Crippen molar-refractivity contribution in [3.8, 4) is 5.75 Å². The van der Waals surface area contributed by atoms with Gasteiger partial charge in [0.05, 0.1) is 12.1 Å². The standard InChI is InChI=1S/C17H21N3O4/c21-14-8-24-15(16(14)22)9-23-12-5-4-10-7-18-17(20-13(10)6-12)19-11-2-1-3-11/h4-7,11,14-16,21-22H,1-3,8-9H2,(H,18,19,20). The fourth-order valence-corrected chi connectivity index (χ4v) is 2.89. The van der Waals surface area contributed by atoms with Crippen LogP contribution < -0.4 is 10.1 Å². The van der Waals surface area contributed by atoms with Gasteiger partial charge in [-0.3, -0.25) is 0 Å². The maximum Gasteiger partial charge on any atom is 0.223 e. The predicted octanol–water partition coefficient (Wildman–Crippen LogP) is 1.09. The van der Waals surface area contributed by atoms with Gasteiger partial charge >= 0.3 is 0 Å². The van der Waals surface area contributed by atoms with E-state index in [9.17, 15) is 10.2 Å². The molecule has 3 atom stereocenters. The second kappa shape index (κ2) is 6.51. The molecule has 1 saturated carbocycles. The van der Waals surface area contributed by atoms with Gasteiger partial charge in [0.1, 0.15) is 30.7 Å². The van der Waals surface area contributed by atoms with E-state index in [1.165, 1.54) is 19.3 Å². The molecule has 2 aromatic rings. The lowest BCUT2D eigenvalue weighted by Gasteiger charge is -2.26. The van der Waals surface area contributed by atoms with Gasteiger partial charge in [0.15, 0.2) is 0 Å². The topological polar surface area (TPSA) is 96.7 Å². The van der Waals surface area contributed by atoms with Crippen molar-refractivity contribution in [2.75, 3.05) is 18.5 Å². The van der Waals surface area contributed by atoms with Crippen molar-refractivity contribution >= 4 is 16.9 Å². The molecule has 2 fully saturated rings. The van der Waals surface area contributed by atoms with Gasteiger partial charge in [-0.2, -0.15) is 0 Å². The zero-order valence-electron chi connectivity index (χ0n) is 13.3. The van der Waals surface area contributed by atoms with Crippen LogP contribution in [0, 0.1) is 0 Å². The van der Waals surface area contributed by atoms with Crippen LogP contribution >= 0.6 is 0 Å². The third-order valence-corrected chi connectivity index (χ3v) is 4.66. The number of aliphatic hydroxyl groups is 2. The monoisotopic (exact) mass is 331 g/mol. The number of aromatic nitrogens is 2. The van der Waals surface area contributed by atoms with Gasteiger partial charge in [-0.25, -0.2) is 9.97 Å². The van der Waals surface area contributed by atoms with Crippen LogP contribution in [-0.2, 0) is 4.74 Å². The van der Waals surface area contributed by atoms with Gasteiger partial charge in [-0.1, -0.05) is 0 Å². The summed E-state index contributed by atoms with van der Waals surface area (Å²) in [5, 5.41) is 23.5. The summed E-state index contributed by atoms with van der Waals surface area (Å²) in [6, 6.07) is 6.07. The van der Waals surface area contributed by atoms with Crippen LogP contribution in [0.4, 0.5) is 5.95 Å². The SMILES string of the molecule is OC1COC(COc2ccc3cnc(NC4CCC4)nc3c2)C1O. The van der Waals surface area contributed by atoms with Crippen LogP contribution in [0.25, 0.3) is 10.9 Å². The van der Waals surface area contributed by atoms with Crippen molar-refractivity contribution < 1.29 is 19.7 Å². The molecule has 128 valence electrons. The fourth-order valence-electron chi connectivity index (χ4n) is 2.89. The van der Waals surface area contributed by atoms with Crippen LogP contribution in [-0.4, -0.2) is 57.7 Å². The number of fused-ring (bicyclic) bond motifs is 1. The van der Waals surface area contributed by atoms with Crippen LogP contribution in [0.2, 0.25) is 0 Å². The number of rotatable bonds is 5. The zero-order chi connectivity index (χ0) is 16.5. The minimum atomic E-state index is -0.911. The molecule has 0 spiro atoms. The van der Waals surface area contributed by atoms with Crippen LogP contribution in [0.5, 0.6) is 5.75 Å². The summed E-state index contributed by atoms with van der Waals surface area (Å²) in [6.45, 7) is 0.318. The third-order valence-electron chi connectivity index (χ3n) is 4.66. The number of anilines is 1. The normalized spacial score (nSPS) is 27.2. The van der Waals surface area contributed by atoms with Gasteiger partial charge in [0.2, 0.25) is 5.95 Å². The molecule has 2 heterocycles. The first-order valence-corrected chi connectivity index (χ1v) is 8.33. The van der Waals surface area contributed by atoms with E-state index in [4.69, 9.17) is 9.47 Å². The number of aliphatic hydroxyl groups excluding tert-OH is 2. The van der Waals surface area contributed by atoms with E-state index in [2.05, 4.69) is 15.3 Å². The van der Waals surface area contributed by atoms with Gasteiger partial charge in [-0.05, 0) is 31.4 Å². The highest BCUT2D eigenvalue weighted by Crippen LogP contribution is 2.24. The highest BCUT2D eigenvalue weighted by Gasteiger charge is 2.34. The highest BCUT2D eigenvalue weighted by molar-refractivity contribution is 5.80. The second-order valence-electron chi connectivity index (χ2n) is 6.43. The molecule has 7 nitrogen and oxygen atoms in total. The van der Waals surface area contributed by atoms with E-state index in [1.807, 2.05) is 18.2 Å². The van der Waals surface area contributed by atoms with Crippen molar-refractivity contribution in [3.63, 3.8) is 0 Å². The predicted molar refractivity (Wildman–Crippen MR) is 88.0 cm³/mol. The molecule has 7 heteroatoms. The van der Waals surface area contributed by atoms with Crippen molar-refractivity contribution in [3.05, 3.63) is 24.4 Å². The molecule has 0 radical (unpaired) electrons. The molecule has 1 aliphatic heterocycles. The van der Waals surface area contributed by atoms with Crippen molar-refractivity contribution in [2.45, 2.75) is 43.6 Å². The summed E-state index contributed by atoms with van der Waals surface area (Å²) in [5.41, 5.74) is 0.803. The lowest BCUT2D eigenvalue weighted by atomic mass is 9.93. The van der Waals surface area contributed by atoms with Crippen LogP contribution in [0.15, 0.2) is 24.4 Å². The summed E-state index contributed by atoms with van der Waals surface area (Å²) >= 11 is 0. The Labute approximate surface area is 139 Å². The number of hydrogen-bond donors (Lipinski definition) is 3. The Balaban J connectivity index is 1.45. The Morgan fingerprint density at radius 2 is 2.17 bits per heavy atom. The van der Waals surface area contributed by atoms with Gasteiger partial charge in [0.25, 0.3) is 0 Å². The maximum atomic E-state index is 9.77. The van der Waals surface area contributed by atoms with E-state index in [0.29, 0.717) is 17.7 Å². The number of ether oxygens (including phenoxy) is 2. The smallest absolute Gasteiger partial charge is 0.223 e. The first-order valence-electron chi connectivity index (χ1n) is 8.33. The molecule has 2 aliphatic rings. The second-order valence-corrected chi connectivity index (χ2v) is 6.43. The first-order chi connectivity index (χ1) is 11.7. The minimum Gasteiger partial charge on any atom is -0.491 e. The molecule has 1 saturated heterocycles. The Hall–Kier alpha value is -1.96. The molecule has 1 aromatic carbocycles. The molecule has 0 bridgehead atoms. The number of benzene rings is 1. The summed E-state index contributed by atoms with van der Waals surface area (Å²) in [4.78, 5) is 8.88. The van der Waals surface area contributed by atoms with Gasteiger partial charge in [-0.15, -0.1) is 0 Å². The molecular weight excluding hydrogens is 310 g/mol. The average Bonchev–Trinajstić information content (AvgIpc) is 2.87. The van der Waals surface area contributed by atoms with E-state index >= 15 is 0 Å². The molecule has 3 N–H and O–H groups in total. The van der Waals surface area contributed by atoms with Crippen LogP contribution in [0.1, 0.15) is 19.3 Å². The molecule has 4 rings (SSSR count). The van der Waals surface area contributed by atoms with Gasteiger partial charge < -0.3 is 25.0 Å². The Kier molecular flexibility index (Phi) is 4.22. The number of nitrogens with zero attached hydrogens (tertiary/aromatic N) is 2. The molecule has 24 heavy (non-hydrogen) atoms. The van der Waals surface area contributed by atoms with Crippen LogP contribution in [0.3, 0.4) is 0 Å². The van der Waals surface area contributed by atoms with Gasteiger partial charge in [0, 0.05) is 23.7 Å². The van der Waals surface area contributed by atoms with Crippen molar-refractivity contribution in [2.24, 2.45) is 0 Å². The Bertz CT molecular complexity index is 722. The Morgan fingerprint density at radius 3 is 2.88 bits per heavy atom. The lowest BCUT2D eigenvalue weighted by molar-refractivity contribution is -0.0000675. The van der Waals surface area contributed by atoms with Crippen molar-refractivity contribution in [1.82, 2.24) is 9.97 Å². The molecule has 3 unspecified atom stereocenters. The summed E-state index contributed by atoms with van der Waals surface area (Å²) in [6.07, 6.45) is 3.12. The minimum absolute atomic E-state index is 0.135. The largest absolute Gasteiger partial charge is 0.491 e. The van der Waals surface area contributed by atoms with E-state index in [0.717, 1.165) is 10.9 Å². The summed E-state index contributed by atoms with van der Waals surface area (Å²) in [5.74, 6) is 1.29. The number of hydrogen-bond acceptors (Lipinski definition) is 7. The maximum absolute atomic E-state index is 9.77. The quantitative estimate of drug-likeness (QED) is 0.755. The molecular formula is C17H21N3O4. The first kappa shape index (κ1) is 15.6. The summed E-state index contributed by atoms with van der Waals surface area (Å²) in [7, 11) is 0. The van der Waals surface area contributed by atoms with E-state index in [-0.39, 0.29) is 13.2 Å². The molecule has 0 amide bonds. The number of nitrogens with one attached hydrogen (secondary N) is 1. The lowest BCUT2D eigenvalue weighted by Crippen LogP contribution is -2.33.